The molecule has 0 saturated heterocycles. The van der Waals surface area contributed by atoms with Gasteiger partial charge in [0, 0.05) is 0 Å². The average Bonchev–Trinajstić information content (AvgIpc) is 2.14. The Bertz CT molecular complexity index is 383. The predicted octanol–water partition coefficient (Wildman–Crippen LogP) is 3.19. The summed E-state index contributed by atoms with van der Waals surface area (Å²) in [6, 6.07) is 8.08. The monoisotopic (exact) mass is 203 g/mol. The zero-order valence-corrected chi connectivity index (χ0v) is 9.79. The summed E-state index contributed by atoms with van der Waals surface area (Å²) in [6.07, 6.45) is 0. The first-order valence-corrected chi connectivity index (χ1v) is 5.06. The minimum absolute atomic E-state index is 0.107. The van der Waals surface area contributed by atoms with Crippen LogP contribution in [0, 0.1) is 18.3 Å². The van der Waals surface area contributed by atoms with Gasteiger partial charge < -0.3 is 4.74 Å². The Morgan fingerprint density at radius 1 is 1.33 bits per heavy atom. The van der Waals surface area contributed by atoms with Gasteiger partial charge in [-0.1, -0.05) is 32.9 Å². The third-order valence-electron chi connectivity index (χ3n) is 2.33. The Kier molecular flexibility index (Phi) is 3.36. The number of nitrogens with zero attached hydrogens (tertiary/aromatic N) is 1. The van der Waals surface area contributed by atoms with Gasteiger partial charge in [0.15, 0.2) is 6.61 Å². The van der Waals surface area contributed by atoms with Crippen LogP contribution in [0.4, 0.5) is 0 Å². The molecule has 0 spiro atoms. The van der Waals surface area contributed by atoms with Gasteiger partial charge in [-0.2, -0.15) is 5.26 Å². The summed E-state index contributed by atoms with van der Waals surface area (Å²) in [6.45, 7) is 8.64. The van der Waals surface area contributed by atoms with Crippen LogP contribution < -0.4 is 4.74 Å². The molecule has 0 aliphatic carbocycles. The molecule has 0 radical (unpaired) electrons. The number of nitriles is 1. The molecule has 0 N–H and O–H groups in total. The van der Waals surface area contributed by atoms with Crippen LogP contribution in [0.3, 0.4) is 0 Å². The third kappa shape index (κ3) is 2.99. The molecular formula is C13H17NO. The highest BCUT2D eigenvalue weighted by Crippen LogP contribution is 2.27. The first kappa shape index (κ1) is 11.6. The summed E-state index contributed by atoms with van der Waals surface area (Å²) < 4.78 is 5.29. The molecule has 0 heterocycles. The number of ether oxygens (including phenoxy) is 1. The minimum Gasteiger partial charge on any atom is -0.478 e. The van der Waals surface area contributed by atoms with Crippen molar-refractivity contribution in [2.24, 2.45) is 0 Å². The van der Waals surface area contributed by atoms with E-state index in [1.807, 2.05) is 19.1 Å². The highest BCUT2D eigenvalue weighted by atomic mass is 16.5. The molecule has 0 fully saturated rings. The maximum Gasteiger partial charge on any atom is 0.174 e. The second-order valence-electron chi connectivity index (χ2n) is 4.68. The lowest BCUT2D eigenvalue weighted by molar-refractivity contribution is 0.365. The molecule has 80 valence electrons. The minimum atomic E-state index is 0.107. The van der Waals surface area contributed by atoms with Crippen LogP contribution in [0.1, 0.15) is 31.9 Å². The summed E-state index contributed by atoms with van der Waals surface area (Å²) >= 11 is 0. The Morgan fingerprint density at radius 2 is 2.00 bits per heavy atom. The number of rotatable bonds is 2. The van der Waals surface area contributed by atoms with E-state index >= 15 is 0 Å². The number of hydrogen-bond acceptors (Lipinski definition) is 2. The number of hydrogen-bond donors (Lipinski definition) is 0. The Morgan fingerprint density at radius 3 is 2.47 bits per heavy atom. The van der Waals surface area contributed by atoms with Crippen molar-refractivity contribution in [2.45, 2.75) is 33.1 Å². The molecule has 1 rings (SSSR count). The van der Waals surface area contributed by atoms with Gasteiger partial charge >= 0.3 is 0 Å². The van der Waals surface area contributed by atoms with Crippen molar-refractivity contribution in [3.8, 4) is 11.8 Å². The smallest absolute Gasteiger partial charge is 0.174 e. The molecule has 0 saturated carbocycles. The summed E-state index contributed by atoms with van der Waals surface area (Å²) in [7, 11) is 0. The van der Waals surface area contributed by atoms with E-state index in [-0.39, 0.29) is 12.0 Å². The molecule has 1 aromatic rings. The molecule has 15 heavy (non-hydrogen) atoms. The molecule has 0 bridgehead atoms. The summed E-state index contributed by atoms with van der Waals surface area (Å²) in [5, 5.41) is 8.43. The highest BCUT2D eigenvalue weighted by Gasteiger charge is 2.14. The van der Waals surface area contributed by atoms with Gasteiger partial charge in [0.1, 0.15) is 11.8 Å². The Hall–Kier alpha value is -1.49. The van der Waals surface area contributed by atoms with Crippen LogP contribution in [0.5, 0.6) is 5.75 Å². The van der Waals surface area contributed by atoms with Crippen molar-refractivity contribution < 1.29 is 4.74 Å². The van der Waals surface area contributed by atoms with Crippen LogP contribution in [0.25, 0.3) is 0 Å². The van der Waals surface area contributed by atoms with Crippen molar-refractivity contribution in [2.75, 3.05) is 6.61 Å². The lowest BCUT2D eigenvalue weighted by Gasteiger charge is -2.20. The fourth-order valence-corrected chi connectivity index (χ4v) is 1.39. The fourth-order valence-electron chi connectivity index (χ4n) is 1.39. The van der Waals surface area contributed by atoms with Crippen molar-refractivity contribution in [1.29, 1.82) is 5.26 Å². The first-order chi connectivity index (χ1) is 6.95. The van der Waals surface area contributed by atoms with E-state index in [0.29, 0.717) is 0 Å². The average molecular weight is 203 g/mol. The zero-order chi connectivity index (χ0) is 11.5. The van der Waals surface area contributed by atoms with Gasteiger partial charge in [-0.25, -0.2) is 0 Å². The lowest BCUT2D eigenvalue weighted by atomic mass is 9.86. The van der Waals surface area contributed by atoms with Crippen LogP contribution >= 0.6 is 0 Å². The van der Waals surface area contributed by atoms with Gasteiger partial charge in [0.25, 0.3) is 0 Å². The third-order valence-corrected chi connectivity index (χ3v) is 2.33. The number of aryl methyl sites for hydroxylation is 1. The van der Waals surface area contributed by atoms with Crippen molar-refractivity contribution in [3.63, 3.8) is 0 Å². The van der Waals surface area contributed by atoms with Gasteiger partial charge in [0.05, 0.1) is 0 Å². The number of benzene rings is 1. The topological polar surface area (TPSA) is 33.0 Å². The van der Waals surface area contributed by atoms with Gasteiger partial charge in [-0.15, -0.1) is 0 Å². The van der Waals surface area contributed by atoms with Gasteiger partial charge in [-0.05, 0) is 29.5 Å². The molecule has 0 aliphatic rings. The van der Waals surface area contributed by atoms with E-state index in [2.05, 4.69) is 32.9 Å². The van der Waals surface area contributed by atoms with E-state index in [9.17, 15) is 0 Å². The van der Waals surface area contributed by atoms with Crippen LogP contribution in [0.15, 0.2) is 18.2 Å². The molecule has 1 aromatic carbocycles. The van der Waals surface area contributed by atoms with E-state index in [0.717, 1.165) is 11.3 Å². The quantitative estimate of drug-likeness (QED) is 0.739. The van der Waals surface area contributed by atoms with E-state index in [1.165, 1.54) is 5.56 Å². The van der Waals surface area contributed by atoms with E-state index in [4.69, 9.17) is 10.00 Å². The molecule has 2 nitrogen and oxygen atoms in total. The Balaban J connectivity index is 2.94. The highest BCUT2D eigenvalue weighted by molar-refractivity contribution is 5.38. The normalized spacial score (nSPS) is 10.9. The molecule has 2 heteroatoms. The largest absolute Gasteiger partial charge is 0.478 e. The van der Waals surface area contributed by atoms with Gasteiger partial charge in [-0.3, -0.25) is 0 Å². The van der Waals surface area contributed by atoms with Crippen molar-refractivity contribution >= 4 is 0 Å². The fraction of sp³-hybridized carbons (Fsp3) is 0.462. The molecule has 0 atom stereocenters. The van der Waals surface area contributed by atoms with Gasteiger partial charge in [0.2, 0.25) is 0 Å². The predicted molar refractivity (Wildman–Crippen MR) is 61.0 cm³/mol. The summed E-state index contributed by atoms with van der Waals surface area (Å²) in [4.78, 5) is 0. The molecule has 0 amide bonds. The molecule has 0 aromatic heterocycles. The van der Waals surface area contributed by atoms with Crippen molar-refractivity contribution in [3.05, 3.63) is 29.3 Å². The van der Waals surface area contributed by atoms with Crippen LogP contribution in [0.2, 0.25) is 0 Å². The maximum atomic E-state index is 8.43. The lowest BCUT2D eigenvalue weighted by Crippen LogP contribution is -2.11. The SMILES string of the molecule is Cc1cc(C(C)(C)C)ccc1OCC#N. The second kappa shape index (κ2) is 4.35. The van der Waals surface area contributed by atoms with Crippen LogP contribution in [-0.4, -0.2) is 6.61 Å². The van der Waals surface area contributed by atoms with E-state index < -0.39 is 0 Å². The molecular weight excluding hydrogens is 186 g/mol. The first-order valence-electron chi connectivity index (χ1n) is 5.06. The van der Waals surface area contributed by atoms with Crippen LogP contribution in [-0.2, 0) is 5.41 Å². The summed E-state index contributed by atoms with van der Waals surface area (Å²) in [5.74, 6) is 0.796. The molecule has 0 unspecified atom stereocenters. The van der Waals surface area contributed by atoms with E-state index in [1.54, 1.807) is 0 Å². The summed E-state index contributed by atoms with van der Waals surface area (Å²) in [5.41, 5.74) is 2.51. The molecule has 0 aliphatic heterocycles. The Labute approximate surface area is 91.5 Å². The zero-order valence-electron chi connectivity index (χ0n) is 9.79. The standard InChI is InChI=1S/C13H17NO/c1-10-9-11(13(2,3)4)5-6-12(10)15-8-7-14/h5-6,9H,8H2,1-4H3. The van der Waals surface area contributed by atoms with Crippen molar-refractivity contribution in [1.82, 2.24) is 0 Å². The maximum absolute atomic E-state index is 8.43. The second-order valence-corrected chi connectivity index (χ2v) is 4.68.